The van der Waals surface area contributed by atoms with E-state index in [9.17, 15) is 0 Å². The number of hydrogen-bond donors (Lipinski definition) is 0. The maximum Gasteiger partial charge on any atom is 1.00 e. The molecule has 0 aromatic heterocycles. The van der Waals surface area contributed by atoms with Gasteiger partial charge >= 0.3 is 20.4 Å². The summed E-state index contributed by atoms with van der Waals surface area (Å²) < 4.78 is 0. The molecule has 0 saturated carbocycles. The minimum atomic E-state index is -1.08. The molecule has 0 fully saturated rings. The molecule has 2 nitrogen and oxygen atoms in total. The normalized spacial score (nSPS) is 9.93. The third-order valence-corrected chi connectivity index (χ3v) is 11.0. The molecule has 1 radical (unpaired) electrons. The van der Waals surface area contributed by atoms with Crippen LogP contribution in [0.1, 0.15) is 6.92 Å². The van der Waals surface area contributed by atoms with Gasteiger partial charge < -0.3 is 9.90 Å². The summed E-state index contributed by atoms with van der Waals surface area (Å²) in [5, 5.41) is 17.3. The smallest absolute Gasteiger partial charge is 0.550 e. The van der Waals surface area contributed by atoms with E-state index in [1.807, 2.05) is 0 Å². The second-order valence-corrected chi connectivity index (χ2v) is 13.6. The molecular weight excluding hydrogens is 657 g/mol. The Morgan fingerprint density at radius 1 is 0.372 bits per heavy atom. The molecule has 0 unspecified atom stereocenters. The molecule has 0 atom stereocenters. The average molecular weight is 690 g/mol. The first-order chi connectivity index (χ1) is 20.6. The van der Waals surface area contributed by atoms with E-state index < -0.39 is 21.8 Å². The number of hydrogen-bond acceptors (Lipinski definition) is 2. The number of benzene rings is 6. The third-order valence-electron chi connectivity index (χ3n) is 6.09. The molecule has 6 rings (SSSR count). The van der Waals surface area contributed by atoms with Gasteiger partial charge in [0.25, 0.3) is 0 Å². The van der Waals surface area contributed by atoms with Crippen LogP contribution in [-0.4, -0.2) is 5.97 Å². The minimum absolute atomic E-state index is 0. The van der Waals surface area contributed by atoms with E-state index in [-0.39, 0.29) is 20.4 Å². The summed E-state index contributed by atoms with van der Waals surface area (Å²) in [6.07, 6.45) is 0. The first-order valence-corrected chi connectivity index (χ1v) is 16.4. The van der Waals surface area contributed by atoms with Gasteiger partial charge in [-0.1, -0.05) is 182 Å². The van der Waals surface area contributed by atoms with Crippen LogP contribution in [0.25, 0.3) is 0 Å². The maximum absolute atomic E-state index is 8.89. The molecule has 0 spiro atoms. The molecule has 6 aromatic rings. The van der Waals surface area contributed by atoms with Gasteiger partial charge in [0.1, 0.15) is 0 Å². The van der Waals surface area contributed by atoms with Gasteiger partial charge in [0.05, 0.1) is 0 Å². The van der Waals surface area contributed by atoms with Crippen LogP contribution in [0.15, 0.2) is 182 Å². The number of carbonyl (C=O) groups excluding carboxylic acids is 1. The summed E-state index contributed by atoms with van der Waals surface area (Å²) >= 11 is 0. The minimum Gasteiger partial charge on any atom is -0.550 e. The molecule has 0 N–H and O–H groups in total. The van der Waals surface area contributed by atoms with Crippen molar-refractivity contribution in [2.24, 2.45) is 0 Å². The van der Waals surface area contributed by atoms with Gasteiger partial charge in [-0.2, -0.15) is 0 Å². The number of carbonyl (C=O) groups is 1. The van der Waals surface area contributed by atoms with E-state index in [0.29, 0.717) is 0 Å². The van der Waals surface area contributed by atoms with Crippen molar-refractivity contribution in [1.29, 1.82) is 0 Å². The topological polar surface area (TPSA) is 40.1 Å². The Labute approximate surface area is 271 Å². The second-order valence-electron chi connectivity index (χ2n) is 9.18. The summed E-state index contributed by atoms with van der Waals surface area (Å²) in [6.45, 7) is 0.972. The van der Waals surface area contributed by atoms with Gasteiger partial charge in [-0.3, -0.25) is 0 Å². The van der Waals surface area contributed by atoms with Gasteiger partial charge in [0.15, 0.2) is 0 Å². The molecule has 0 bridgehead atoms. The fourth-order valence-electron chi connectivity index (χ4n) is 4.36. The van der Waals surface area contributed by atoms with Crippen LogP contribution in [0.5, 0.6) is 0 Å². The van der Waals surface area contributed by atoms with Crippen LogP contribution in [0, 0.1) is 0 Å². The quantitative estimate of drug-likeness (QED) is 0.168. The molecule has 0 saturated heterocycles. The fraction of sp³-hybridized carbons (Fsp3) is 0.0263. The van der Waals surface area contributed by atoms with E-state index in [2.05, 4.69) is 182 Å². The fourth-order valence-corrected chi connectivity index (χ4v) is 8.97. The molecule has 217 valence electrons. The Balaban J connectivity index is 0.000000206. The van der Waals surface area contributed by atoms with E-state index in [1.54, 1.807) is 0 Å². The van der Waals surface area contributed by atoms with Crippen molar-refractivity contribution in [3.8, 4) is 0 Å². The number of aliphatic carboxylic acids is 1. The average Bonchev–Trinajstić information content (AvgIpc) is 3.05. The maximum atomic E-state index is 8.89. The zero-order chi connectivity index (χ0) is 29.4. The van der Waals surface area contributed by atoms with Crippen molar-refractivity contribution in [2.45, 2.75) is 6.92 Å². The Morgan fingerprint density at radius 3 is 0.605 bits per heavy atom. The summed E-state index contributed by atoms with van der Waals surface area (Å²) in [5.41, 5.74) is 0. The van der Waals surface area contributed by atoms with Crippen LogP contribution in [0.3, 0.4) is 0 Å². The van der Waals surface area contributed by atoms with Gasteiger partial charge in [-0.05, 0) is 54.6 Å². The van der Waals surface area contributed by atoms with Crippen LogP contribution in [0.2, 0.25) is 0 Å². The van der Waals surface area contributed by atoms with E-state index in [4.69, 9.17) is 9.90 Å². The zero-order valence-corrected chi connectivity index (χ0v) is 27.2. The molecule has 0 heterocycles. The Morgan fingerprint density at radius 2 is 0.488 bits per heavy atom. The number of rotatable bonds is 6. The van der Waals surface area contributed by atoms with Crippen molar-refractivity contribution in [2.75, 3.05) is 0 Å². The summed E-state index contributed by atoms with van der Waals surface area (Å²) in [4.78, 5) is 8.89. The standard InChI is InChI=1S/2C18H15P.C2H4O2.Pd/c2*1-4-10-16(11-5-1)19(17-12-6-2-7-13-17)18-14-8-3-9-15-18;1-2(3)4;/h2*1-15H;1H3,(H,3,4);/q;;;+1/p-1. The van der Waals surface area contributed by atoms with Crippen LogP contribution in [-0.2, 0) is 25.2 Å². The van der Waals surface area contributed by atoms with Crippen LogP contribution >= 0.6 is 15.8 Å². The van der Waals surface area contributed by atoms with E-state index in [0.717, 1.165) is 6.92 Å². The molecule has 5 heteroatoms. The van der Waals surface area contributed by atoms with Crippen molar-refractivity contribution in [3.63, 3.8) is 0 Å². The van der Waals surface area contributed by atoms with Crippen molar-refractivity contribution < 1.29 is 30.3 Å². The van der Waals surface area contributed by atoms with Crippen molar-refractivity contribution in [1.82, 2.24) is 0 Å². The van der Waals surface area contributed by atoms with Crippen molar-refractivity contribution in [3.05, 3.63) is 182 Å². The molecular formula is C38H33O2P2Pd. The van der Waals surface area contributed by atoms with Gasteiger partial charge in [-0.25, -0.2) is 0 Å². The van der Waals surface area contributed by atoms with Crippen molar-refractivity contribution >= 4 is 53.6 Å². The van der Waals surface area contributed by atoms with Crippen LogP contribution < -0.4 is 36.9 Å². The summed E-state index contributed by atoms with van der Waals surface area (Å²) in [5.74, 6) is -1.08. The molecule has 0 aliphatic heterocycles. The largest absolute Gasteiger partial charge is 1.00 e. The Kier molecular flexibility index (Phi) is 14.8. The summed E-state index contributed by atoms with van der Waals surface area (Å²) in [7, 11) is -0.892. The first kappa shape index (κ1) is 33.8. The third kappa shape index (κ3) is 10.8. The number of carboxylic acid groups (broad SMARTS) is 1. The Bertz CT molecular complexity index is 1280. The second kappa shape index (κ2) is 18.8. The first-order valence-electron chi connectivity index (χ1n) is 13.7. The van der Waals surface area contributed by atoms with E-state index >= 15 is 0 Å². The molecule has 0 aliphatic rings. The van der Waals surface area contributed by atoms with E-state index in [1.165, 1.54) is 31.8 Å². The van der Waals surface area contributed by atoms with Gasteiger partial charge in [0, 0.05) is 5.97 Å². The monoisotopic (exact) mass is 689 g/mol. The SMILES string of the molecule is CC(=O)[O-].[Pd+].c1ccc(P(c2ccccc2)c2ccccc2)cc1.c1ccc(P(c2ccccc2)c2ccccc2)cc1. The van der Waals surface area contributed by atoms with Crippen LogP contribution in [0.4, 0.5) is 0 Å². The summed E-state index contributed by atoms with van der Waals surface area (Å²) in [6, 6.07) is 64.7. The zero-order valence-electron chi connectivity index (χ0n) is 23.8. The predicted octanol–water partition coefficient (Wildman–Crippen LogP) is 5.64. The molecule has 0 aliphatic carbocycles. The predicted molar refractivity (Wildman–Crippen MR) is 181 cm³/mol. The molecule has 43 heavy (non-hydrogen) atoms. The number of carboxylic acids is 1. The molecule has 0 amide bonds. The van der Waals surface area contributed by atoms with Gasteiger partial charge in [0.2, 0.25) is 0 Å². The Hall–Kier alpha value is -3.69. The molecule has 6 aromatic carbocycles. The van der Waals surface area contributed by atoms with Gasteiger partial charge in [-0.15, -0.1) is 0 Å².